The van der Waals surface area contributed by atoms with E-state index in [0.29, 0.717) is 6.61 Å². The second kappa shape index (κ2) is 7.64. The zero-order valence-electron chi connectivity index (χ0n) is 13.2. The minimum Gasteiger partial charge on any atom is -0.449 e. The average Bonchev–Trinajstić information content (AvgIpc) is 2.48. The Hall–Kier alpha value is -1.30. The molecular formula is C15H27N3O3. The van der Waals surface area contributed by atoms with E-state index in [1.54, 1.807) is 11.8 Å². The normalized spacial score (nSPS) is 24.0. The van der Waals surface area contributed by atoms with E-state index in [9.17, 15) is 9.59 Å². The number of hydrogen-bond acceptors (Lipinski definition) is 4. The number of rotatable bonds is 3. The summed E-state index contributed by atoms with van der Waals surface area (Å²) in [5.41, 5.74) is 0. The molecule has 2 amide bonds. The van der Waals surface area contributed by atoms with Crippen molar-refractivity contribution in [2.75, 3.05) is 46.4 Å². The summed E-state index contributed by atoms with van der Waals surface area (Å²) in [6.07, 6.45) is 3.79. The number of piperazine rings is 1. The molecule has 1 unspecified atom stereocenters. The molecule has 0 aromatic heterocycles. The number of hydrogen-bond donors (Lipinski definition) is 0. The summed E-state index contributed by atoms with van der Waals surface area (Å²) in [5.74, 6) is 0.130. The van der Waals surface area contributed by atoms with Crippen molar-refractivity contribution < 1.29 is 14.3 Å². The molecule has 6 heteroatoms. The van der Waals surface area contributed by atoms with Crippen molar-refractivity contribution in [2.24, 2.45) is 0 Å². The van der Waals surface area contributed by atoms with Crippen LogP contribution in [0, 0.1) is 0 Å². The van der Waals surface area contributed by atoms with Gasteiger partial charge in [-0.1, -0.05) is 0 Å². The van der Waals surface area contributed by atoms with Crippen LogP contribution in [0.2, 0.25) is 0 Å². The maximum Gasteiger partial charge on any atom is 0.409 e. The molecule has 2 aliphatic heterocycles. The Bertz CT molecular complexity index is 367. The predicted octanol–water partition coefficient (Wildman–Crippen LogP) is 1.16. The molecule has 0 aromatic carbocycles. The SMILES string of the molecule is CC(=O)N1CCCCC1CCOC(=O)N1CCN(C)CC1. The van der Waals surface area contributed by atoms with E-state index in [0.717, 1.165) is 58.4 Å². The molecule has 120 valence electrons. The van der Waals surface area contributed by atoms with Gasteiger partial charge in [-0.3, -0.25) is 4.79 Å². The molecule has 2 fully saturated rings. The van der Waals surface area contributed by atoms with Gasteiger partial charge < -0.3 is 19.4 Å². The largest absolute Gasteiger partial charge is 0.449 e. The first kappa shape index (κ1) is 16.1. The fourth-order valence-corrected chi connectivity index (χ4v) is 3.08. The standard InChI is InChI=1S/C15H27N3O3/c1-13(19)18-7-4-3-5-14(18)6-12-21-15(20)17-10-8-16(2)9-11-17/h14H,3-12H2,1-2H3. The Balaban J connectivity index is 1.70. The van der Waals surface area contributed by atoms with Gasteiger partial charge >= 0.3 is 6.09 Å². The van der Waals surface area contributed by atoms with E-state index >= 15 is 0 Å². The minimum atomic E-state index is -0.215. The van der Waals surface area contributed by atoms with E-state index in [2.05, 4.69) is 11.9 Å². The fourth-order valence-electron chi connectivity index (χ4n) is 3.08. The maximum absolute atomic E-state index is 12.0. The number of carbonyl (C=O) groups is 2. The molecule has 0 aliphatic carbocycles. The summed E-state index contributed by atoms with van der Waals surface area (Å²) >= 11 is 0. The fraction of sp³-hybridized carbons (Fsp3) is 0.867. The summed E-state index contributed by atoms with van der Waals surface area (Å²) in [5, 5.41) is 0. The molecule has 6 nitrogen and oxygen atoms in total. The van der Waals surface area contributed by atoms with Crippen LogP contribution in [0.25, 0.3) is 0 Å². The zero-order chi connectivity index (χ0) is 15.2. The summed E-state index contributed by atoms with van der Waals surface area (Å²) in [6.45, 7) is 6.13. The first-order valence-electron chi connectivity index (χ1n) is 7.95. The highest BCUT2D eigenvalue weighted by atomic mass is 16.6. The van der Waals surface area contributed by atoms with Crippen molar-refractivity contribution in [3.05, 3.63) is 0 Å². The maximum atomic E-state index is 12.0. The van der Waals surface area contributed by atoms with E-state index in [4.69, 9.17) is 4.74 Å². The summed E-state index contributed by atoms with van der Waals surface area (Å²) in [4.78, 5) is 29.5. The summed E-state index contributed by atoms with van der Waals surface area (Å²) in [6, 6.07) is 0.233. The van der Waals surface area contributed by atoms with Crippen LogP contribution in [0.5, 0.6) is 0 Å². The van der Waals surface area contributed by atoms with Crippen LogP contribution in [0.4, 0.5) is 4.79 Å². The van der Waals surface area contributed by atoms with Gasteiger partial charge in [-0.25, -0.2) is 4.79 Å². The van der Waals surface area contributed by atoms with E-state index in [1.165, 1.54) is 0 Å². The highest BCUT2D eigenvalue weighted by molar-refractivity contribution is 5.73. The van der Waals surface area contributed by atoms with Gasteiger partial charge in [0.25, 0.3) is 0 Å². The number of carbonyl (C=O) groups excluding carboxylic acids is 2. The van der Waals surface area contributed by atoms with Crippen LogP contribution < -0.4 is 0 Å². The van der Waals surface area contributed by atoms with Gasteiger partial charge in [0.05, 0.1) is 6.61 Å². The lowest BCUT2D eigenvalue weighted by molar-refractivity contribution is -0.132. The Morgan fingerprint density at radius 1 is 1.10 bits per heavy atom. The second-order valence-electron chi connectivity index (χ2n) is 6.06. The molecule has 0 N–H and O–H groups in total. The Kier molecular flexibility index (Phi) is 5.85. The molecule has 2 aliphatic rings. The van der Waals surface area contributed by atoms with E-state index in [1.807, 2.05) is 4.90 Å². The smallest absolute Gasteiger partial charge is 0.409 e. The molecule has 2 heterocycles. The van der Waals surface area contributed by atoms with Crippen molar-refractivity contribution in [1.29, 1.82) is 0 Å². The molecule has 0 bridgehead atoms. The highest BCUT2D eigenvalue weighted by Gasteiger charge is 2.25. The van der Waals surface area contributed by atoms with Crippen LogP contribution in [-0.2, 0) is 9.53 Å². The zero-order valence-corrected chi connectivity index (χ0v) is 13.2. The van der Waals surface area contributed by atoms with Crippen LogP contribution >= 0.6 is 0 Å². The first-order chi connectivity index (χ1) is 10.1. The third-order valence-electron chi connectivity index (χ3n) is 4.47. The van der Waals surface area contributed by atoms with Crippen molar-refractivity contribution in [2.45, 2.75) is 38.6 Å². The lowest BCUT2D eigenvalue weighted by Gasteiger charge is -2.35. The quantitative estimate of drug-likeness (QED) is 0.784. The number of ether oxygens (including phenoxy) is 1. The first-order valence-corrected chi connectivity index (χ1v) is 7.95. The molecule has 0 saturated carbocycles. The number of nitrogens with zero attached hydrogens (tertiary/aromatic N) is 3. The van der Waals surface area contributed by atoms with Gasteiger partial charge in [-0.05, 0) is 26.3 Å². The van der Waals surface area contributed by atoms with Gasteiger partial charge in [0.2, 0.25) is 5.91 Å². The third-order valence-corrected chi connectivity index (χ3v) is 4.47. The molecule has 21 heavy (non-hydrogen) atoms. The van der Waals surface area contributed by atoms with Crippen molar-refractivity contribution in [3.63, 3.8) is 0 Å². The number of likely N-dealkylation sites (tertiary alicyclic amines) is 1. The minimum absolute atomic E-state index is 0.130. The predicted molar refractivity (Wildman–Crippen MR) is 80.1 cm³/mol. The lowest BCUT2D eigenvalue weighted by atomic mass is 10.00. The monoisotopic (exact) mass is 297 g/mol. The van der Waals surface area contributed by atoms with Crippen LogP contribution in [0.1, 0.15) is 32.6 Å². The Morgan fingerprint density at radius 3 is 2.48 bits per heavy atom. The number of piperidine rings is 1. The molecule has 0 spiro atoms. The molecule has 0 radical (unpaired) electrons. The van der Waals surface area contributed by atoms with Crippen molar-refractivity contribution in [3.8, 4) is 0 Å². The topological polar surface area (TPSA) is 53.1 Å². The highest BCUT2D eigenvalue weighted by Crippen LogP contribution is 2.19. The van der Waals surface area contributed by atoms with Gasteiger partial charge in [0.1, 0.15) is 0 Å². The van der Waals surface area contributed by atoms with Crippen LogP contribution in [-0.4, -0.2) is 79.1 Å². The van der Waals surface area contributed by atoms with Crippen molar-refractivity contribution >= 4 is 12.0 Å². The lowest BCUT2D eigenvalue weighted by Crippen LogP contribution is -2.47. The summed E-state index contributed by atoms with van der Waals surface area (Å²) < 4.78 is 5.38. The molecule has 2 saturated heterocycles. The number of amides is 2. The molecule has 2 rings (SSSR count). The van der Waals surface area contributed by atoms with E-state index in [-0.39, 0.29) is 18.0 Å². The Morgan fingerprint density at radius 2 is 1.81 bits per heavy atom. The summed E-state index contributed by atoms with van der Waals surface area (Å²) in [7, 11) is 2.06. The van der Waals surface area contributed by atoms with Crippen molar-refractivity contribution in [1.82, 2.24) is 14.7 Å². The van der Waals surface area contributed by atoms with Gasteiger partial charge in [0, 0.05) is 52.1 Å². The van der Waals surface area contributed by atoms with Gasteiger partial charge in [-0.15, -0.1) is 0 Å². The van der Waals surface area contributed by atoms with Crippen LogP contribution in [0.15, 0.2) is 0 Å². The molecule has 1 atom stereocenters. The second-order valence-corrected chi connectivity index (χ2v) is 6.06. The molecule has 0 aromatic rings. The van der Waals surface area contributed by atoms with Gasteiger partial charge in [-0.2, -0.15) is 0 Å². The van der Waals surface area contributed by atoms with Gasteiger partial charge in [0.15, 0.2) is 0 Å². The molecular weight excluding hydrogens is 270 g/mol. The average molecular weight is 297 g/mol. The number of likely N-dealkylation sites (N-methyl/N-ethyl adjacent to an activating group) is 1. The van der Waals surface area contributed by atoms with E-state index < -0.39 is 0 Å². The third kappa shape index (κ3) is 4.59. The Labute approximate surface area is 127 Å². The van der Waals surface area contributed by atoms with Crippen LogP contribution in [0.3, 0.4) is 0 Å².